The molecule has 140 valence electrons. The summed E-state index contributed by atoms with van der Waals surface area (Å²) < 4.78 is 2.18. The van der Waals surface area contributed by atoms with Crippen molar-refractivity contribution in [1.29, 1.82) is 0 Å². The molecule has 3 rings (SSSR count). The third-order valence-corrected chi connectivity index (χ3v) is 4.70. The van der Waals surface area contributed by atoms with Crippen molar-refractivity contribution in [3.63, 3.8) is 0 Å². The predicted molar refractivity (Wildman–Crippen MR) is 98.1 cm³/mol. The molecule has 0 spiro atoms. The van der Waals surface area contributed by atoms with Gasteiger partial charge in [0.25, 0.3) is 5.56 Å². The molecule has 27 heavy (non-hydrogen) atoms. The Morgan fingerprint density at radius 1 is 1.15 bits per heavy atom. The van der Waals surface area contributed by atoms with E-state index in [1.807, 2.05) is 24.3 Å². The van der Waals surface area contributed by atoms with Crippen LogP contribution in [0.5, 0.6) is 0 Å². The fourth-order valence-electron chi connectivity index (χ4n) is 3.18. The van der Waals surface area contributed by atoms with E-state index in [0.29, 0.717) is 0 Å². The standard InChI is InChI=1S/C19H19N3O5/c1-20-10-14(17(24)21(2)19(20)27)7-8-16(23)22-11-13-6-4-3-5-12(13)9-15(22)18(25)26/h3-8,10,15H,9,11H2,1-2H3,(H,25,26)/b8-7+. The number of nitrogens with zero attached hydrogens (tertiary/aromatic N) is 3. The molecule has 1 aromatic heterocycles. The van der Waals surface area contributed by atoms with Gasteiger partial charge >= 0.3 is 11.7 Å². The second-order valence-corrected chi connectivity index (χ2v) is 6.47. The van der Waals surface area contributed by atoms with Crippen LogP contribution in [0, 0.1) is 0 Å². The number of rotatable bonds is 3. The van der Waals surface area contributed by atoms with Gasteiger partial charge in [-0.3, -0.25) is 14.2 Å². The van der Waals surface area contributed by atoms with E-state index in [9.17, 15) is 24.3 Å². The van der Waals surface area contributed by atoms with E-state index in [-0.39, 0.29) is 18.5 Å². The third-order valence-electron chi connectivity index (χ3n) is 4.70. The molecule has 1 N–H and O–H groups in total. The lowest BCUT2D eigenvalue weighted by atomic mass is 9.94. The highest BCUT2D eigenvalue weighted by Crippen LogP contribution is 2.23. The Hall–Kier alpha value is -3.42. The fourth-order valence-corrected chi connectivity index (χ4v) is 3.18. The number of carbonyl (C=O) groups excluding carboxylic acids is 1. The summed E-state index contributed by atoms with van der Waals surface area (Å²) in [6.45, 7) is 0.182. The number of amides is 1. The molecule has 0 radical (unpaired) electrons. The predicted octanol–water partition coefficient (Wildman–Crippen LogP) is 0.135. The van der Waals surface area contributed by atoms with E-state index >= 15 is 0 Å². The summed E-state index contributed by atoms with van der Waals surface area (Å²) in [5, 5.41) is 9.51. The molecule has 2 aromatic rings. The zero-order chi connectivity index (χ0) is 19.7. The van der Waals surface area contributed by atoms with E-state index in [1.54, 1.807) is 0 Å². The molecule has 0 bridgehead atoms. The van der Waals surface area contributed by atoms with Crippen molar-refractivity contribution in [1.82, 2.24) is 14.0 Å². The highest BCUT2D eigenvalue weighted by atomic mass is 16.4. The first-order chi connectivity index (χ1) is 12.8. The van der Waals surface area contributed by atoms with Gasteiger partial charge in [-0.05, 0) is 17.2 Å². The Bertz CT molecular complexity index is 1060. The summed E-state index contributed by atoms with van der Waals surface area (Å²) >= 11 is 0. The van der Waals surface area contributed by atoms with Gasteiger partial charge in [0.05, 0.1) is 5.56 Å². The summed E-state index contributed by atoms with van der Waals surface area (Å²) in [7, 11) is 2.86. The van der Waals surface area contributed by atoms with Crippen molar-refractivity contribution < 1.29 is 14.7 Å². The van der Waals surface area contributed by atoms with Crippen LogP contribution in [-0.4, -0.2) is 37.1 Å². The van der Waals surface area contributed by atoms with E-state index in [1.165, 1.54) is 41.9 Å². The third kappa shape index (κ3) is 3.46. The van der Waals surface area contributed by atoms with Crippen LogP contribution in [0.2, 0.25) is 0 Å². The van der Waals surface area contributed by atoms with Gasteiger partial charge in [0.15, 0.2) is 0 Å². The largest absolute Gasteiger partial charge is 0.480 e. The van der Waals surface area contributed by atoms with E-state index < -0.39 is 29.2 Å². The van der Waals surface area contributed by atoms with Crippen LogP contribution < -0.4 is 11.2 Å². The smallest absolute Gasteiger partial charge is 0.330 e. The average molecular weight is 369 g/mol. The SMILES string of the molecule is Cn1cc(/C=C/C(=O)N2Cc3ccccc3CC2C(=O)O)c(=O)n(C)c1=O. The number of benzene rings is 1. The molecule has 0 fully saturated rings. The first-order valence-electron chi connectivity index (χ1n) is 8.34. The lowest BCUT2D eigenvalue weighted by Crippen LogP contribution is -2.48. The molecule has 8 nitrogen and oxygen atoms in total. The van der Waals surface area contributed by atoms with Crippen molar-refractivity contribution in [3.05, 3.63) is 74.1 Å². The molecular formula is C19H19N3O5. The number of carbonyl (C=O) groups is 2. The second kappa shape index (κ2) is 7.06. The number of aromatic nitrogens is 2. The van der Waals surface area contributed by atoms with Crippen molar-refractivity contribution in [2.45, 2.75) is 19.0 Å². The first-order valence-corrected chi connectivity index (χ1v) is 8.34. The van der Waals surface area contributed by atoms with Gasteiger partial charge < -0.3 is 14.6 Å². The van der Waals surface area contributed by atoms with Crippen molar-refractivity contribution >= 4 is 18.0 Å². The van der Waals surface area contributed by atoms with Crippen LogP contribution in [0.1, 0.15) is 16.7 Å². The second-order valence-electron chi connectivity index (χ2n) is 6.47. The maximum atomic E-state index is 12.6. The van der Waals surface area contributed by atoms with Crippen LogP contribution in [0.3, 0.4) is 0 Å². The topological polar surface area (TPSA) is 102 Å². The Kier molecular flexibility index (Phi) is 4.81. The molecule has 0 saturated carbocycles. The van der Waals surface area contributed by atoms with Crippen molar-refractivity contribution in [2.75, 3.05) is 0 Å². The zero-order valence-corrected chi connectivity index (χ0v) is 15.0. The summed E-state index contributed by atoms with van der Waals surface area (Å²) in [6.07, 6.45) is 4.05. The van der Waals surface area contributed by atoms with Gasteiger partial charge in [-0.15, -0.1) is 0 Å². The highest BCUT2D eigenvalue weighted by molar-refractivity contribution is 5.94. The van der Waals surface area contributed by atoms with Crippen molar-refractivity contribution in [2.24, 2.45) is 14.1 Å². The number of carboxylic acids is 1. The fraction of sp³-hybridized carbons (Fsp3) is 0.263. The van der Waals surface area contributed by atoms with Crippen LogP contribution in [-0.2, 0) is 36.6 Å². The molecule has 0 aliphatic carbocycles. The van der Waals surface area contributed by atoms with E-state index in [2.05, 4.69) is 0 Å². The lowest BCUT2D eigenvalue weighted by molar-refractivity contribution is -0.149. The summed E-state index contributed by atoms with van der Waals surface area (Å²) in [5.41, 5.74) is 0.972. The lowest BCUT2D eigenvalue weighted by Gasteiger charge is -2.33. The molecule has 0 saturated heterocycles. The van der Waals surface area contributed by atoms with Crippen LogP contribution in [0.25, 0.3) is 6.08 Å². The number of carboxylic acid groups (broad SMARTS) is 1. The van der Waals surface area contributed by atoms with Gasteiger partial charge in [0.2, 0.25) is 5.91 Å². The Morgan fingerprint density at radius 2 is 1.81 bits per heavy atom. The zero-order valence-electron chi connectivity index (χ0n) is 15.0. The molecular weight excluding hydrogens is 350 g/mol. The van der Waals surface area contributed by atoms with Gasteiger partial charge in [-0.2, -0.15) is 0 Å². The molecule has 1 aliphatic rings. The van der Waals surface area contributed by atoms with Gasteiger partial charge in [-0.25, -0.2) is 9.59 Å². The quantitative estimate of drug-likeness (QED) is 0.776. The van der Waals surface area contributed by atoms with Crippen LogP contribution >= 0.6 is 0 Å². The number of hydrogen-bond donors (Lipinski definition) is 1. The first kappa shape index (κ1) is 18.4. The van der Waals surface area contributed by atoms with Gasteiger partial charge in [0.1, 0.15) is 6.04 Å². The number of aryl methyl sites for hydroxylation is 1. The number of fused-ring (bicyclic) bond motifs is 1. The minimum Gasteiger partial charge on any atom is -0.480 e. The molecule has 1 atom stereocenters. The number of hydrogen-bond acceptors (Lipinski definition) is 4. The summed E-state index contributed by atoms with van der Waals surface area (Å²) in [5.74, 6) is -1.59. The van der Waals surface area contributed by atoms with Gasteiger partial charge in [-0.1, -0.05) is 24.3 Å². The summed E-state index contributed by atoms with van der Waals surface area (Å²) in [6, 6.07) is 6.43. The summed E-state index contributed by atoms with van der Waals surface area (Å²) in [4.78, 5) is 49.4. The monoisotopic (exact) mass is 369 g/mol. The molecule has 1 unspecified atom stereocenters. The average Bonchev–Trinajstić information content (AvgIpc) is 2.66. The molecule has 1 aliphatic heterocycles. The normalized spacial score (nSPS) is 16.4. The molecule has 1 amide bonds. The van der Waals surface area contributed by atoms with Crippen LogP contribution in [0.4, 0.5) is 0 Å². The minimum absolute atomic E-state index is 0.164. The van der Waals surface area contributed by atoms with Gasteiger partial charge in [0, 0.05) is 39.3 Å². The Balaban J connectivity index is 1.91. The van der Waals surface area contributed by atoms with Crippen molar-refractivity contribution in [3.8, 4) is 0 Å². The maximum absolute atomic E-state index is 12.6. The Labute approximate surface area is 154 Å². The maximum Gasteiger partial charge on any atom is 0.330 e. The molecule has 2 heterocycles. The molecule has 1 aromatic carbocycles. The number of aliphatic carboxylic acids is 1. The van der Waals surface area contributed by atoms with E-state index in [0.717, 1.165) is 15.7 Å². The highest BCUT2D eigenvalue weighted by Gasteiger charge is 2.33. The van der Waals surface area contributed by atoms with E-state index in [4.69, 9.17) is 0 Å². The Morgan fingerprint density at radius 3 is 2.48 bits per heavy atom. The van der Waals surface area contributed by atoms with Crippen LogP contribution in [0.15, 0.2) is 46.1 Å². The molecule has 8 heteroatoms. The minimum atomic E-state index is -1.08.